The number of halogens is 1. The number of amides is 1. The van der Waals surface area contributed by atoms with Crippen LogP contribution in [0.25, 0.3) is 11.0 Å². The molecule has 3 aromatic rings. The monoisotopic (exact) mass is 343 g/mol. The van der Waals surface area contributed by atoms with Crippen LogP contribution in [0.3, 0.4) is 0 Å². The zero-order valence-corrected chi connectivity index (χ0v) is 14.3. The van der Waals surface area contributed by atoms with E-state index in [0.717, 1.165) is 27.9 Å². The molecule has 0 saturated carbocycles. The second kappa shape index (κ2) is 6.93. The van der Waals surface area contributed by atoms with Gasteiger partial charge in [0.1, 0.15) is 5.75 Å². The van der Waals surface area contributed by atoms with E-state index in [-0.39, 0.29) is 5.91 Å². The predicted octanol–water partition coefficient (Wildman–Crippen LogP) is 3.51. The van der Waals surface area contributed by atoms with Gasteiger partial charge in [0.05, 0.1) is 24.5 Å². The Hall–Kier alpha value is -2.53. The van der Waals surface area contributed by atoms with Gasteiger partial charge in [0.25, 0.3) is 5.91 Å². The summed E-state index contributed by atoms with van der Waals surface area (Å²) >= 11 is 6.11. The number of hydrogen-bond acceptors (Lipinski definition) is 3. The lowest BCUT2D eigenvalue weighted by molar-refractivity contribution is 0.0954. The number of rotatable bonds is 5. The number of nitrogens with zero attached hydrogens (tertiary/aromatic N) is 1. The van der Waals surface area contributed by atoms with Crippen LogP contribution < -0.4 is 10.1 Å². The SMILES string of the molecule is COc1c(C)cc(Cl)cc1CCNC(=O)c1ccc2nc[nH]c2c1. The summed E-state index contributed by atoms with van der Waals surface area (Å²) in [7, 11) is 1.64. The highest BCUT2D eigenvalue weighted by Gasteiger charge is 2.10. The van der Waals surface area contributed by atoms with E-state index in [9.17, 15) is 4.79 Å². The first-order chi connectivity index (χ1) is 11.6. The molecule has 0 aliphatic heterocycles. The standard InChI is InChI=1S/C18H18ClN3O2/c1-11-7-14(19)8-12(17(11)24-2)5-6-20-18(23)13-3-4-15-16(9-13)22-10-21-15/h3-4,7-10H,5-6H2,1-2H3,(H,20,23)(H,21,22). The van der Waals surface area contributed by atoms with Gasteiger partial charge in [-0.3, -0.25) is 4.79 Å². The smallest absolute Gasteiger partial charge is 0.251 e. The van der Waals surface area contributed by atoms with Crippen LogP contribution in [0.1, 0.15) is 21.5 Å². The van der Waals surface area contributed by atoms with Gasteiger partial charge in [0.15, 0.2) is 0 Å². The van der Waals surface area contributed by atoms with Crippen molar-refractivity contribution in [2.45, 2.75) is 13.3 Å². The molecule has 1 amide bonds. The van der Waals surface area contributed by atoms with Crippen LogP contribution >= 0.6 is 11.6 Å². The Bertz CT molecular complexity index is 889. The molecule has 0 unspecified atom stereocenters. The number of aromatic amines is 1. The number of aromatic nitrogens is 2. The minimum absolute atomic E-state index is 0.121. The van der Waals surface area contributed by atoms with Crippen molar-refractivity contribution in [2.24, 2.45) is 0 Å². The van der Waals surface area contributed by atoms with Crippen LogP contribution in [-0.2, 0) is 6.42 Å². The highest BCUT2D eigenvalue weighted by atomic mass is 35.5. The van der Waals surface area contributed by atoms with Crippen molar-refractivity contribution in [1.29, 1.82) is 0 Å². The first-order valence-electron chi connectivity index (χ1n) is 7.63. The van der Waals surface area contributed by atoms with Gasteiger partial charge >= 0.3 is 0 Å². The summed E-state index contributed by atoms with van der Waals surface area (Å²) in [5.41, 5.74) is 4.24. The van der Waals surface area contributed by atoms with E-state index in [1.807, 2.05) is 25.1 Å². The number of hydrogen-bond donors (Lipinski definition) is 2. The average molecular weight is 344 g/mol. The number of carbonyl (C=O) groups excluding carboxylic acids is 1. The Kier molecular flexibility index (Phi) is 4.71. The Labute approximate surface area is 145 Å². The Morgan fingerprint density at radius 1 is 1.33 bits per heavy atom. The molecule has 0 bridgehead atoms. The molecule has 5 nitrogen and oxygen atoms in total. The highest BCUT2D eigenvalue weighted by Crippen LogP contribution is 2.27. The topological polar surface area (TPSA) is 67.0 Å². The van der Waals surface area contributed by atoms with Gasteiger partial charge in [-0.05, 0) is 54.8 Å². The van der Waals surface area contributed by atoms with E-state index in [1.165, 1.54) is 0 Å². The number of imidazole rings is 1. The molecule has 0 radical (unpaired) electrons. The number of H-pyrrole nitrogens is 1. The van der Waals surface area contributed by atoms with Gasteiger partial charge in [-0.15, -0.1) is 0 Å². The Morgan fingerprint density at radius 3 is 2.96 bits per heavy atom. The molecule has 1 heterocycles. The second-order valence-corrected chi connectivity index (χ2v) is 5.99. The zero-order chi connectivity index (χ0) is 17.1. The molecule has 0 saturated heterocycles. The van der Waals surface area contributed by atoms with Gasteiger partial charge in [-0.1, -0.05) is 11.6 Å². The maximum atomic E-state index is 12.3. The van der Waals surface area contributed by atoms with Crippen molar-refractivity contribution in [3.8, 4) is 5.75 Å². The number of methoxy groups -OCH3 is 1. The van der Waals surface area contributed by atoms with E-state index < -0.39 is 0 Å². The lowest BCUT2D eigenvalue weighted by atomic mass is 10.1. The third-order valence-electron chi connectivity index (χ3n) is 3.88. The summed E-state index contributed by atoms with van der Waals surface area (Å²) < 4.78 is 5.43. The number of carbonyl (C=O) groups is 1. The van der Waals surface area contributed by atoms with E-state index in [2.05, 4.69) is 15.3 Å². The van der Waals surface area contributed by atoms with Gasteiger partial charge in [0, 0.05) is 17.1 Å². The molecular formula is C18H18ClN3O2. The molecule has 0 atom stereocenters. The first kappa shape index (κ1) is 16.3. The molecule has 124 valence electrons. The second-order valence-electron chi connectivity index (χ2n) is 5.56. The van der Waals surface area contributed by atoms with E-state index in [0.29, 0.717) is 23.6 Å². The summed E-state index contributed by atoms with van der Waals surface area (Å²) in [6, 6.07) is 9.12. The van der Waals surface area contributed by atoms with Crippen LogP contribution in [0.15, 0.2) is 36.7 Å². The van der Waals surface area contributed by atoms with E-state index in [4.69, 9.17) is 16.3 Å². The summed E-state index contributed by atoms with van der Waals surface area (Å²) in [4.78, 5) is 19.4. The Morgan fingerprint density at radius 2 is 2.17 bits per heavy atom. The van der Waals surface area contributed by atoms with Crippen LogP contribution in [0.2, 0.25) is 5.02 Å². The molecule has 3 rings (SSSR count). The number of benzene rings is 2. The molecule has 6 heteroatoms. The van der Waals surface area contributed by atoms with Gasteiger partial charge in [0.2, 0.25) is 0 Å². The van der Waals surface area contributed by atoms with Crippen molar-refractivity contribution >= 4 is 28.5 Å². The molecule has 1 aromatic heterocycles. The number of ether oxygens (including phenoxy) is 1. The van der Waals surface area contributed by atoms with Crippen LogP contribution in [0.4, 0.5) is 0 Å². The largest absolute Gasteiger partial charge is 0.496 e. The van der Waals surface area contributed by atoms with Crippen LogP contribution in [0.5, 0.6) is 5.75 Å². The van der Waals surface area contributed by atoms with Crippen LogP contribution in [0, 0.1) is 6.92 Å². The number of fused-ring (bicyclic) bond motifs is 1. The third-order valence-corrected chi connectivity index (χ3v) is 4.10. The van der Waals surface area contributed by atoms with Gasteiger partial charge in [-0.2, -0.15) is 0 Å². The van der Waals surface area contributed by atoms with Crippen molar-refractivity contribution in [1.82, 2.24) is 15.3 Å². The van der Waals surface area contributed by atoms with E-state index >= 15 is 0 Å². The molecule has 0 spiro atoms. The normalized spacial score (nSPS) is 10.8. The minimum Gasteiger partial charge on any atom is -0.496 e. The van der Waals surface area contributed by atoms with Crippen molar-refractivity contribution in [3.05, 3.63) is 58.4 Å². The van der Waals surface area contributed by atoms with Crippen molar-refractivity contribution < 1.29 is 9.53 Å². The summed E-state index contributed by atoms with van der Waals surface area (Å²) in [6.07, 6.45) is 2.25. The van der Waals surface area contributed by atoms with E-state index in [1.54, 1.807) is 25.6 Å². The lowest BCUT2D eigenvalue weighted by Gasteiger charge is -2.12. The van der Waals surface area contributed by atoms with Crippen LogP contribution in [-0.4, -0.2) is 29.5 Å². The summed E-state index contributed by atoms with van der Waals surface area (Å²) in [5.74, 6) is 0.691. The molecule has 0 aliphatic rings. The number of nitrogens with one attached hydrogen (secondary N) is 2. The number of aryl methyl sites for hydroxylation is 1. The molecular weight excluding hydrogens is 326 g/mol. The highest BCUT2D eigenvalue weighted by molar-refractivity contribution is 6.30. The average Bonchev–Trinajstić information content (AvgIpc) is 3.02. The maximum absolute atomic E-state index is 12.3. The molecule has 2 N–H and O–H groups in total. The quantitative estimate of drug-likeness (QED) is 0.745. The fourth-order valence-electron chi connectivity index (χ4n) is 2.77. The lowest BCUT2D eigenvalue weighted by Crippen LogP contribution is -2.25. The first-order valence-corrected chi connectivity index (χ1v) is 8.00. The fourth-order valence-corrected chi connectivity index (χ4v) is 3.06. The summed E-state index contributed by atoms with van der Waals surface area (Å²) in [5, 5.41) is 3.59. The Balaban J connectivity index is 1.67. The molecule has 2 aromatic carbocycles. The predicted molar refractivity (Wildman–Crippen MR) is 94.9 cm³/mol. The minimum atomic E-state index is -0.121. The maximum Gasteiger partial charge on any atom is 0.251 e. The van der Waals surface area contributed by atoms with Crippen molar-refractivity contribution in [2.75, 3.05) is 13.7 Å². The molecule has 24 heavy (non-hydrogen) atoms. The van der Waals surface area contributed by atoms with Gasteiger partial charge < -0.3 is 15.0 Å². The molecule has 0 aliphatic carbocycles. The molecule has 0 fully saturated rings. The van der Waals surface area contributed by atoms with Crippen molar-refractivity contribution in [3.63, 3.8) is 0 Å². The third kappa shape index (κ3) is 3.36. The zero-order valence-electron chi connectivity index (χ0n) is 13.5. The summed E-state index contributed by atoms with van der Waals surface area (Å²) in [6.45, 7) is 2.45. The van der Waals surface area contributed by atoms with Gasteiger partial charge in [-0.25, -0.2) is 4.98 Å². The fraction of sp³-hybridized carbons (Fsp3) is 0.222.